The summed E-state index contributed by atoms with van der Waals surface area (Å²) in [6.07, 6.45) is 0.982. The number of methoxy groups -OCH3 is 1. The Morgan fingerprint density at radius 3 is 2.89 bits per heavy atom. The van der Waals surface area contributed by atoms with E-state index in [0.29, 0.717) is 24.7 Å². The van der Waals surface area contributed by atoms with Crippen LogP contribution in [0, 0.1) is 0 Å². The number of carbonyl (C=O) groups excluding carboxylic acids is 1. The van der Waals surface area contributed by atoms with Gasteiger partial charge >= 0.3 is 0 Å². The van der Waals surface area contributed by atoms with Crippen molar-refractivity contribution in [2.24, 2.45) is 0 Å². The molecule has 1 saturated heterocycles. The quantitative estimate of drug-likeness (QED) is 0.742. The third-order valence-electron chi connectivity index (χ3n) is 4.43. The molecule has 3 rings (SSSR count). The van der Waals surface area contributed by atoms with Gasteiger partial charge in [0.2, 0.25) is 11.7 Å². The van der Waals surface area contributed by atoms with Crippen molar-refractivity contribution < 1.29 is 18.4 Å². The van der Waals surface area contributed by atoms with Crippen LogP contribution in [0.2, 0.25) is 0 Å². The number of amides is 1. The minimum Gasteiger partial charge on any atom is -0.479 e. The van der Waals surface area contributed by atoms with Crippen molar-refractivity contribution in [3.05, 3.63) is 24.1 Å². The van der Waals surface area contributed by atoms with Crippen molar-refractivity contribution in [3.8, 4) is 5.88 Å². The first-order valence-corrected chi connectivity index (χ1v) is 8.56. The molecule has 0 aromatic carbocycles. The maximum Gasteiger partial charge on any atom is 0.292 e. The lowest BCUT2D eigenvalue weighted by atomic mass is 10.2. The van der Waals surface area contributed by atoms with Gasteiger partial charge in [-0.1, -0.05) is 0 Å². The van der Waals surface area contributed by atoms with Crippen molar-refractivity contribution >= 4 is 17.7 Å². The number of ether oxygens (including phenoxy) is 1. The largest absolute Gasteiger partial charge is 0.479 e. The predicted octanol–water partition coefficient (Wildman–Crippen LogP) is 1.23. The van der Waals surface area contributed by atoms with E-state index in [9.17, 15) is 9.18 Å². The standard InChI is InChI=1S/C17H23FN6O3/c1-22(2)17-19-6-5-14(20-17)24-9-11(18)7-12(24)10-23(3)16(25)13-8-15(26-4)21-27-13/h5-6,8,11-12H,7,9-10H2,1-4H3/t11-,12-/m0/s1. The molecule has 0 N–H and O–H groups in total. The molecule has 10 heteroatoms. The average Bonchev–Trinajstić information content (AvgIpc) is 3.27. The Balaban J connectivity index is 1.74. The van der Waals surface area contributed by atoms with Crippen LogP contribution in [0.5, 0.6) is 5.88 Å². The van der Waals surface area contributed by atoms with Crippen LogP contribution >= 0.6 is 0 Å². The zero-order valence-electron chi connectivity index (χ0n) is 15.8. The Hall–Kier alpha value is -2.91. The summed E-state index contributed by atoms with van der Waals surface area (Å²) in [6, 6.07) is 2.97. The number of nitrogens with zero attached hydrogens (tertiary/aromatic N) is 6. The van der Waals surface area contributed by atoms with Gasteiger partial charge in [-0.2, -0.15) is 4.98 Å². The van der Waals surface area contributed by atoms with Gasteiger partial charge in [0.05, 0.1) is 25.8 Å². The smallest absolute Gasteiger partial charge is 0.292 e. The topological polar surface area (TPSA) is 87.8 Å². The molecule has 0 spiro atoms. The van der Waals surface area contributed by atoms with Gasteiger partial charge < -0.3 is 24.0 Å². The summed E-state index contributed by atoms with van der Waals surface area (Å²) < 4.78 is 24.1. The number of rotatable bonds is 6. The zero-order valence-corrected chi connectivity index (χ0v) is 15.8. The SMILES string of the molecule is COc1cc(C(=O)N(C)C[C@@H]2C[C@H](F)CN2c2ccnc(N(C)C)n2)on1. The van der Waals surface area contributed by atoms with E-state index in [1.54, 1.807) is 24.2 Å². The minimum absolute atomic E-state index is 0.0765. The van der Waals surface area contributed by atoms with Gasteiger partial charge in [0.15, 0.2) is 0 Å². The fraction of sp³-hybridized carbons (Fsp3) is 0.529. The molecule has 27 heavy (non-hydrogen) atoms. The van der Waals surface area contributed by atoms with Gasteiger partial charge in [-0.15, -0.1) is 0 Å². The molecular weight excluding hydrogens is 355 g/mol. The Kier molecular flexibility index (Phi) is 5.43. The number of carbonyl (C=O) groups is 1. The highest BCUT2D eigenvalue weighted by molar-refractivity contribution is 5.91. The van der Waals surface area contributed by atoms with Crippen molar-refractivity contribution in [2.75, 3.05) is 51.1 Å². The van der Waals surface area contributed by atoms with Crippen molar-refractivity contribution in [1.82, 2.24) is 20.0 Å². The predicted molar refractivity (Wildman–Crippen MR) is 97.0 cm³/mol. The van der Waals surface area contributed by atoms with Crippen LogP contribution < -0.4 is 14.5 Å². The molecule has 1 fully saturated rings. The second-order valence-electron chi connectivity index (χ2n) is 6.67. The van der Waals surface area contributed by atoms with Crippen molar-refractivity contribution in [2.45, 2.75) is 18.6 Å². The van der Waals surface area contributed by atoms with Crippen LogP contribution in [0.3, 0.4) is 0 Å². The maximum absolute atomic E-state index is 14.1. The van der Waals surface area contributed by atoms with Gasteiger partial charge in [-0.05, 0) is 11.2 Å². The molecule has 0 saturated carbocycles. The highest BCUT2D eigenvalue weighted by Gasteiger charge is 2.35. The number of anilines is 2. The first kappa shape index (κ1) is 18.9. The number of alkyl halides is 1. The van der Waals surface area contributed by atoms with Crippen LogP contribution in [0.4, 0.5) is 16.2 Å². The first-order valence-electron chi connectivity index (χ1n) is 8.56. The van der Waals surface area contributed by atoms with Crippen LogP contribution in [0.1, 0.15) is 17.0 Å². The van der Waals surface area contributed by atoms with Crippen LogP contribution in [-0.2, 0) is 0 Å². The molecule has 1 aliphatic rings. The highest BCUT2D eigenvalue weighted by Crippen LogP contribution is 2.27. The molecule has 9 nitrogen and oxygen atoms in total. The summed E-state index contributed by atoms with van der Waals surface area (Å²) >= 11 is 0. The Labute approximate surface area is 156 Å². The number of likely N-dealkylation sites (N-methyl/N-ethyl adjacent to an activating group) is 1. The second kappa shape index (κ2) is 7.77. The van der Waals surface area contributed by atoms with E-state index < -0.39 is 6.17 Å². The van der Waals surface area contributed by atoms with Gasteiger partial charge in [0, 0.05) is 40.3 Å². The number of hydrogen-bond acceptors (Lipinski definition) is 8. The second-order valence-corrected chi connectivity index (χ2v) is 6.67. The summed E-state index contributed by atoms with van der Waals surface area (Å²) in [7, 11) is 6.77. The molecule has 1 amide bonds. The highest BCUT2D eigenvalue weighted by atomic mass is 19.1. The van der Waals surface area contributed by atoms with Gasteiger partial charge in [0.25, 0.3) is 11.8 Å². The fourth-order valence-corrected chi connectivity index (χ4v) is 3.07. The average molecular weight is 378 g/mol. The number of hydrogen-bond donors (Lipinski definition) is 0. The molecular formula is C17H23FN6O3. The van der Waals surface area contributed by atoms with Crippen molar-refractivity contribution in [3.63, 3.8) is 0 Å². The lowest BCUT2D eigenvalue weighted by molar-refractivity contribution is 0.0744. The van der Waals surface area contributed by atoms with E-state index in [0.717, 1.165) is 0 Å². The van der Waals surface area contributed by atoms with E-state index in [1.807, 2.05) is 19.0 Å². The first-order chi connectivity index (χ1) is 12.9. The molecule has 146 valence electrons. The van der Waals surface area contributed by atoms with Crippen LogP contribution in [0.15, 0.2) is 22.9 Å². The van der Waals surface area contributed by atoms with Gasteiger partial charge in [-0.25, -0.2) is 9.37 Å². The molecule has 0 unspecified atom stereocenters. The summed E-state index contributed by atoms with van der Waals surface area (Å²) in [4.78, 5) is 26.4. The van der Waals surface area contributed by atoms with Gasteiger partial charge in [0.1, 0.15) is 12.0 Å². The maximum atomic E-state index is 14.1. The van der Waals surface area contributed by atoms with Crippen molar-refractivity contribution in [1.29, 1.82) is 0 Å². The molecule has 2 atom stereocenters. The molecule has 0 aliphatic carbocycles. The van der Waals surface area contributed by atoms with E-state index in [1.165, 1.54) is 18.1 Å². The lowest BCUT2D eigenvalue weighted by Crippen LogP contribution is -2.41. The Morgan fingerprint density at radius 1 is 1.44 bits per heavy atom. The summed E-state index contributed by atoms with van der Waals surface area (Å²) in [5, 5.41) is 3.63. The third kappa shape index (κ3) is 4.09. The third-order valence-corrected chi connectivity index (χ3v) is 4.43. The molecule has 1 aliphatic heterocycles. The summed E-state index contributed by atoms with van der Waals surface area (Å²) in [5.74, 6) is 1.15. The number of halogens is 1. The molecule has 2 aromatic rings. The van der Waals surface area contributed by atoms with E-state index in [4.69, 9.17) is 9.26 Å². The Morgan fingerprint density at radius 2 is 2.22 bits per heavy atom. The van der Waals surface area contributed by atoms with E-state index >= 15 is 0 Å². The molecule has 3 heterocycles. The lowest BCUT2D eigenvalue weighted by Gasteiger charge is -2.29. The van der Waals surface area contributed by atoms with E-state index in [2.05, 4.69) is 15.1 Å². The fourth-order valence-electron chi connectivity index (χ4n) is 3.07. The molecule has 2 aromatic heterocycles. The van der Waals surface area contributed by atoms with Crippen LogP contribution in [-0.4, -0.2) is 79.5 Å². The normalized spacial score (nSPS) is 19.2. The molecule has 0 bridgehead atoms. The van der Waals surface area contributed by atoms with Crippen LogP contribution in [0.25, 0.3) is 0 Å². The number of aromatic nitrogens is 3. The minimum atomic E-state index is -0.985. The monoisotopic (exact) mass is 378 g/mol. The summed E-state index contributed by atoms with van der Waals surface area (Å²) in [6.45, 7) is 0.552. The van der Waals surface area contributed by atoms with E-state index in [-0.39, 0.29) is 30.1 Å². The molecule has 0 radical (unpaired) electrons. The zero-order chi connectivity index (χ0) is 19.6. The summed E-state index contributed by atoms with van der Waals surface area (Å²) in [5.41, 5.74) is 0. The Bertz CT molecular complexity index is 798. The van der Waals surface area contributed by atoms with Gasteiger partial charge in [-0.3, -0.25) is 4.79 Å².